The molecule has 3 rings (SSSR count). The summed E-state index contributed by atoms with van der Waals surface area (Å²) in [6.45, 7) is 1.83. The number of halogens is 1. The number of amides is 1. The lowest BCUT2D eigenvalue weighted by molar-refractivity contribution is -0.115. The van der Waals surface area contributed by atoms with Gasteiger partial charge in [-0.25, -0.2) is 4.68 Å². The highest BCUT2D eigenvalue weighted by Crippen LogP contribution is 2.25. The summed E-state index contributed by atoms with van der Waals surface area (Å²) in [7, 11) is 0. The van der Waals surface area contributed by atoms with E-state index in [1.807, 2.05) is 6.92 Å². The quantitative estimate of drug-likeness (QED) is 0.505. The maximum absolute atomic E-state index is 12.0. The zero-order chi connectivity index (χ0) is 17.8. The first-order chi connectivity index (χ1) is 12.0. The van der Waals surface area contributed by atoms with Crippen molar-refractivity contribution in [1.82, 2.24) is 14.9 Å². The van der Waals surface area contributed by atoms with Crippen LogP contribution in [0.5, 0.6) is 0 Å². The van der Waals surface area contributed by atoms with Gasteiger partial charge in [0.25, 0.3) is 0 Å². The van der Waals surface area contributed by atoms with Crippen LogP contribution in [0.3, 0.4) is 0 Å². The Balaban J connectivity index is 1.55. The van der Waals surface area contributed by atoms with Gasteiger partial charge < -0.3 is 15.6 Å². The number of anilines is 1. The average Bonchev–Trinajstić information content (AvgIpc) is 3.13. The molecule has 7 nitrogen and oxygen atoms in total. The van der Waals surface area contributed by atoms with Crippen LogP contribution in [0.4, 0.5) is 5.69 Å². The Hall–Kier alpha value is -2.45. The second kappa shape index (κ2) is 7.62. The Bertz CT molecular complexity index is 892. The zero-order valence-corrected chi connectivity index (χ0v) is 15.0. The number of nitrogens with one attached hydrogen (secondary N) is 1. The highest BCUT2D eigenvalue weighted by Gasteiger charge is 2.16. The standard InChI is InChI=1S/C16H16ClN5O2S/c1-10-13(5-7-24-10)15-20-21-16(22(15)18)25-8-6-14(23)19-12-4-2-3-11(17)9-12/h2-5,7,9H,6,8,18H2,1H3,(H,19,23). The van der Waals surface area contributed by atoms with Gasteiger partial charge in [-0.3, -0.25) is 4.79 Å². The van der Waals surface area contributed by atoms with Crippen molar-refractivity contribution in [2.45, 2.75) is 18.5 Å². The van der Waals surface area contributed by atoms with Crippen molar-refractivity contribution in [3.8, 4) is 11.4 Å². The van der Waals surface area contributed by atoms with E-state index in [4.69, 9.17) is 21.9 Å². The van der Waals surface area contributed by atoms with Crippen molar-refractivity contribution in [3.63, 3.8) is 0 Å². The Kier molecular flexibility index (Phi) is 5.30. The van der Waals surface area contributed by atoms with E-state index in [9.17, 15) is 4.79 Å². The molecular weight excluding hydrogens is 362 g/mol. The molecule has 9 heteroatoms. The summed E-state index contributed by atoms with van der Waals surface area (Å²) in [6.07, 6.45) is 1.89. The minimum Gasteiger partial charge on any atom is -0.469 e. The number of nitrogen functional groups attached to an aromatic ring is 1. The van der Waals surface area contributed by atoms with E-state index >= 15 is 0 Å². The summed E-state index contributed by atoms with van der Waals surface area (Å²) in [6, 6.07) is 8.80. The number of rotatable bonds is 6. The molecule has 0 aliphatic rings. The third kappa shape index (κ3) is 4.15. The number of nitrogens with zero attached hydrogens (tertiary/aromatic N) is 3. The molecule has 0 radical (unpaired) electrons. The van der Waals surface area contributed by atoms with Crippen LogP contribution >= 0.6 is 23.4 Å². The molecule has 25 heavy (non-hydrogen) atoms. The fourth-order valence-corrected chi connectivity index (χ4v) is 3.19. The lowest BCUT2D eigenvalue weighted by atomic mass is 10.2. The van der Waals surface area contributed by atoms with E-state index in [1.54, 1.807) is 36.6 Å². The molecule has 1 aromatic carbocycles. The van der Waals surface area contributed by atoms with Crippen molar-refractivity contribution < 1.29 is 9.21 Å². The molecule has 0 aliphatic heterocycles. The number of thioether (sulfide) groups is 1. The van der Waals surface area contributed by atoms with Gasteiger partial charge in [-0.15, -0.1) is 10.2 Å². The van der Waals surface area contributed by atoms with Crippen molar-refractivity contribution in [3.05, 3.63) is 47.4 Å². The minimum absolute atomic E-state index is 0.108. The molecule has 1 amide bonds. The largest absolute Gasteiger partial charge is 0.469 e. The van der Waals surface area contributed by atoms with Gasteiger partial charge in [-0.05, 0) is 31.2 Å². The Labute approximate surface area is 153 Å². The summed E-state index contributed by atoms with van der Waals surface area (Å²) >= 11 is 7.25. The van der Waals surface area contributed by atoms with Crippen LogP contribution in [0.1, 0.15) is 12.2 Å². The van der Waals surface area contributed by atoms with Crippen LogP contribution in [0, 0.1) is 6.92 Å². The third-order valence-electron chi connectivity index (χ3n) is 3.43. The Morgan fingerprint density at radius 1 is 1.40 bits per heavy atom. The first-order valence-corrected chi connectivity index (χ1v) is 8.84. The number of hydrogen-bond acceptors (Lipinski definition) is 6. The van der Waals surface area contributed by atoms with E-state index < -0.39 is 0 Å². The molecule has 3 N–H and O–H groups in total. The second-order valence-corrected chi connectivity index (χ2v) is 6.72. The number of nitrogens with two attached hydrogens (primary N) is 1. The molecule has 130 valence electrons. The summed E-state index contributed by atoms with van der Waals surface area (Å²) in [5.74, 6) is 7.69. The molecular formula is C16H16ClN5O2S. The molecule has 3 aromatic rings. The SMILES string of the molecule is Cc1occc1-c1nnc(SCCC(=O)Nc2cccc(Cl)c2)n1N. The molecule has 0 unspecified atom stereocenters. The van der Waals surface area contributed by atoms with Crippen molar-refractivity contribution in [2.75, 3.05) is 16.9 Å². The van der Waals surface area contributed by atoms with E-state index in [2.05, 4.69) is 15.5 Å². The van der Waals surface area contributed by atoms with Gasteiger partial charge in [-0.1, -0.05) is 29.4 Å². The second-order valence-electron chi connectivity index (χ2n) is 5.22. The molecule has 0 saturated carbocycles. The van der Waals surface area contributed by atoms with Gasteiger partial charge in [0.1, 0.15) is 5.76 Å². The third-order valence-corrected chi connectivity index (χ3v) is 4.61. The average molecular weight is 378 g/mol. The smallest absolute Gasteiger partial charge is 0.225 e. The normalized spacial score (nSPS) is 10.8. The number of carbonyl (C=O) groups is 1. The Morgan fingerprint density at radius 3 is 2.96 bits per heavy atom. The van der Waals surface area contributed by atoms with Crippen LogP contribution < -0.4 is 11.2 Å². The predicted octanol–water partition coefficient (Wildman–Crippen LogP) is 3.33. The zero-order valence-electron chi connectivity index (χ0n) is 13.4. The molecule has 0 saturated heterocycles. The van der Waals surface area contributed by atoms with Gasteiger partial charge in [0.2, 0.25) is 11.1 Å². The van der Waals surface area contributed by atoms with Gasteiger partial charge in [0.05, 0.1) is 11.8 Å². The van der Waals surface area contributed by atoms with Crippen molar-refractivity contribution in [2.24, 2.45) is 0 Å². The predicted molar refractivity (Wildman–Crippen MR) is 98.0 cm³/mol. The maximum atomic E-state index is 12.0. The number of hydrogen-bond donors (Lipinski definition) is 2. The molecule has 0 bridgehead atoms. The number of aryl methyl sites for hydroxylation is 1. The first kappa shape index (κ1) is 17.4. The number of carbonyl (C=O) groups excluding carboxylic acids is 1. The fraction of sp³-hybridized carbons (Fsp3) is 0.188. The van der Waals surface area contributed by atoms with Gasteiger partial charge >= 0.3 is 0 Å². The minimum atomic E-state index is -0.108. The van der Waals surface area contributed by atoms with E-state index in [0.717, 1.165) is 11.3 Å². The number of furan rings is 1. The van der Waals surface area contributed by atoms with E-state index in [1.165, 1.54) is 16.4 Å². The van der Waals surface area contributed by atoms with Crippen LogP contribution in [0.2, 0.25) is 5.02 Å². The monoisotopic (exact) mass is 377 g/mol. The topological polar surface area (TPSA) is 99.0 Å². The lowest BCUT2D eigenvalue weighted by Gasteiger charge is -2.05. The summed E-state index contributed by atoms with van der Waals surface area (Å²) < 4.78 is 6.66. The van der Waals surface area contributed by atoms with Gasteiger partial charge in [0, 0.05) is 22.9 Å². The van der Waals surface area contributed by atoms with E-state index in [-0.39, 0.29) is 5.91 Å². The Morgan fingerprint density at radius 2 is 2.24 bits per heavy atom. The van der Waals surface area contributed by atoms with Crippen LogP contribution in [0.15, 0.2) is 46.2 Å². The van der Waals surface area contributed by atoms with Gasteiger partial charge in [-0.2, -0.15) is 0 Å². The molecule has 2 aromatic heterocycles. The van der Waals surface area contributed by atoms with Gasteiger partial charge in [0.15, 0.2) is 5.82 Å². The first-order valence-electron chi connectivity index (χ1n) is 7.48. The van der Waals surface area contributed by atoms with Crippen LogP contribution in [-0.2, 0) is 4.79 Å². The van der Waals surface area contributed by atoms with E-state index in [0.29, 0.717) is 33.9 Å². The molecule has 0 spiro atoms. The highest BCUT2D eigenvalue weighted by molar-refractivity contribution is 7.99. The molecule has 0 atom stereocenters. The van der Waals surface area contributed by atoms with Crippen molar-refractivity contribution >= 4 is 35.0 Å². The summed E-state index contributed by atoms with van der Waals surface area (Å²) in [5.41, 5.74) is 1.46. The fourth-order valence-electron chi connectivity index (χ4n) is 2.20. The lowest BCUT2D eigenvalue weighted by Crippen LogP contribution is -2.14. The maximum Gasteiger partial charge on any atom is 0.225 e. The molecule has 0 fully saturated rings. The van der Waals surface area contributed by atoms with Crippen molar-refractivity contribution in [1.29, 1.82) is 0 Å². The summed E-state index contributed by atoms with van der Waals surface area (Å²) in [4.78, 5) is 12.0. The number of aromatic nitrogens is 3. The summed E-state index contributed by atoms with van der Waals surface area (Å²) in [5, 5.41) is 12.1. The van der Waals surface area contributed by atoms with Crippen LogP contribution in [-0.4, -0.2) is 26.5 Å². The van der Waals surface area contributed by atoms with Crippen LogP contribution in [0.25, 0.3) is 11.4 Å². The molecule has 2 heterocycles. The molecule has 0 aliphatic carbocycles. The number of benzene rings is 1. The highest BCUT2D eigenvalue weighted by atomic mass is 35.5.